The SMILES string of the molecule is C=CCc1cc(/C=N\N[C@@H](O)COc2ccc([C@@H]3NC(=O)NC(C)=C3C(=O)OC)cc2OCC)ccc1OCc1ccccc1. The zero-order valence-corrected chi connectivity index (χ0v) is 25.5. The van der Waals surface area contributed by atoms with Gasteiger partial charge in [-0.15, -0.1) is 6.58 Å². The Morgan fingerprint density at radius 2 is 1.84 bits per heavy atom. The second kappa shape index (κ2) is 16.0. The van der Waals surface area contributed by atoms with Gasteiger partial charge in [-0.2, -0.15) is 5.10 Å². The molecule has 0 bridgehead atoms. The van der Waals surface area contributed by atoms with Gasteiger partial charge in [0.05, 0.1) is 31.5 Å². The number of ether oxygens (including phenoxy) is 4. The van der Waals surface area contributed by atoms with Gasteiger partial charge in [-0.1, -0.05) is 42.5 Å². The molecule has 11 nitrogen and oxygen atoms in total. The van der Waals surface area contributed by atoms with Crippen molar-refractivity contribution in [2.24, 2.45) is 5.10 Å². The van der Waals surface area contributed by atoms with Crippen LogP contribution in [0.25, 0.3) is 0 Å². The van der Waals surface area contributed by atoms with Gasteiger partial charge < -0.3 is 34.7 Å². The van der Waals surface area contributed by atoms with Gasteiger partial charge in [0.25, 0.3) is 0 Å². The summed E-state index contributed by atoms with van der Waals surface area (Å²) in [7, 11) is 1.28. The van der Waals surface area contributed by atoms with E-state index in [-0.39, 0.29) is 12.2 Å². The number of esters is 1. The fourth-order valence-corrected chi connectivity index (χ4v) is 4.69. The Balaban J connectivity index is 1.38. The number of allylic oxidation sites excluding steroid dienone is 2. The van der Waals surface area contributed by atoms with E-state index in [1.165, 1.54) is 7.11 Å². The second-order valence-electron chi connectivity index (χ2n) is 10.0. The predicted molar refractivity (Wildman–Crippen MR) is 170 cm³/mol. The fourth-order valence-electron chi connectivity index (χ4n) is 4.69. The van der Waals surface area contributed by atoms with Crippen LogP contribution >= 0.6 is 0 Å². The van der Waals surface area contributed by atoms with Gasteiger partial charge >= 0.3 is 12.0 Å². The average molecular weight is 615 g/mol. The number of carbonyl (C=O) groups is 2. The Morgan fingerprint density at radius 3 is 2.58 bits per heavy atom. The standard InChI is InChI=1S/C34H38N4O7/c1-5-10-25-17-24(13-15-27(25)44-20-23-11-8-7-9-12-23)19-35-38-30(39)21-45-28-16-14-26(18-29(28)43-6-2)32-31(33(40)42-4)22(3)36-34(41)37-32/h5,7-9,11-19,30,32,38-39H,1,6,10,20-21H2,2-4H3,(H2,36,37,41)/b35-19-/t30-,32-/m0/s1. The molecule has 0 unspecified atom stereocenters. The van der Waals surface area contributed by atoms with E-state index in [1.807, 2.05) is 61.5 Å². The molecule has 4 rings (SSSR count). The van der Waals surface area contributed by atoms with Crippen LogP contribution in [-0.4, -0.2) is 49.9 Å². The highest BCUT2D eigenvalue weighted by molar-refractivity contribution is 5.95. The smallest absolute Gasteiger partial charge is 0.337 e. The van der Waals surface area contributed by atoms with E-state index >= 15 is 0 Å². The highest BCUT2D eigenvalue weighted by Crippen LogP contribution is 2.35. The maximum atomic E-state index is 12.5. The normalized spacial score (nSPS) is 15.1. The number of methoxy groups -OCH3 is 1. The maximum Gasteiger partial charge on any atom is 0.337 e. The van der Waals surface area contributed by atoms with E-state index < -0.39 is 24.3 Å². The molecule has 1 heterocycles. The number of urea groups is 1. The minimum atomic E-state index is -1.13. The molecule has 2 atom stereocenters. The van der Waals surface area contributed by atoms with Crippen LogP contribution in [0.1, 0.15) is 42.1 Å². The Hall–Kier alpha value is -5.29. The minimum Gasteiger partial charge on any atom is -0.490 e. The van der Waals surface area contributed by atoms with Crippen molar-refractivity contribution in [3.63, 3.8) is 0 Å². The number of nitrogens with one attached hydrogen (secondary N) is 3. The van der Waals surface area contributed by atoms with E-state index in [0.29, 0.717) is 42.4 Å². The third kappa shape index (κ3) is 8.87. The molecule has 0 fully saturated rings. The Labute approximate surface area is 262 Å². The lowest BCUT2D eigenvalue weighted by atomic mass is 9.95. The van der Waals surface area contributed by atoms with E-state index in [1.54, 1.807) is 31.3 Å². The van der Waals surface area contributed by atoms with Crippen LogP contribution in [0.15, 0.2) is 95.8 Å². The first kappa shape index (κ1) is 32.6. The van der Waals surface area contributed by atoms with Crippen molar-refractivity contribution >= 4 is 18.2 Å². The largest absolute Gasteiger partial charge is 0.490 e. The predicted octanol–water partition coefficient (Wildman–Crippen LogP) is 4.51. The molecule has 11 heteroatoms. The number of hydrogen-bond acceptors (Lipinski definition) is 9. The van der Waals surface area contributed by atoms with Crippen molar-refractivity contribution in [1.82, 2.24) is 16.1 Å². The number of rotatable bonds is 15. The van der Waals surface area contributed by atoms with Crippen LogP contribution in [0.2, 0.25) is 0 Å². The van der Waals surface area contributed by atoms with Gasteiger partial charge in [0, 0.05) is 5.70 Å². The minimum absolute atomic E-state index is 0.138. The van der Waals surface area contributed by atoms with Crippen LogP contribution in [0, 0.1) is 0 Å². The molecule has 4 N–H and O–H groups in total. The molecule has 0 spiro atoms. The van der Waals surface area contributed by atoms with Crippen molar-refractivity contribution in [1.29, 1.82) is 0 Å². The van der Waals surface area contributed by atoms with Crippen LogP contribution in [0.3, 0.4) is 0 Å². The van der Waals surface area contributed by atoms with Gasteiger partial charge in [0.15, 0.2) is 17.7 Å². The number of aliphatic hydroxyl groups excluding tert-OH is 1. The summed E-state index contributed by atoms with van der Waals surface area (Å²) in [6.07, 6.45) is 2.91. The molecule has 45 heavy (non-hydrogen) atoms. The number of hydrazone groups is 1. The molecule has 0 aromatic heterocycles. The monoisotopic (exact) mass is 614 g/mol. The van der Waals surface area contributed by atoms with Crippen molar-refractivity contribution in [3.8, 4) is 17.2 Å². The van der Waals surface area contributed by atoms with Crippen molar-refractivity contribution in [3.05, 3.63) is 113 Å². The Morgan fingerprint density at radius 1 is 1.07 bits per heavy atom. The molecule has 0 radical (unpaired) electrons. The number of carbonyl (C=O) groups excluding carboxylic acids is 2. The summed E-state index contributed by atoms with van der Waals surface area (Å²) in [5.41, 5.74) is 6.78. The second-order valence-corrected chi connectivity index (χ2v) is 10.0. The van der Waals surface area contributed by atoms with E-state index in [2.05, 4.69) is 27.7 Å². The zero-order valence-electron chi connectivity index (χ0n) is 25.5. The number of aliphatic hydroxyl groups is 1. The molecule has 0 saturated carbocycles. The van der Waals surface area contributed by atoms with Gasteiger partial charge in [0.2, 0.25) is 0 Å². The Kier molecular flexibility index (Phi) is 11.6. The number of nitrogens with zero attached hydrogens (tertiary/aromatic N) is 1. The van der Waals surface area contributed by atoms with E-state index in [9.17, 15) is 14.7 Å². The van der Waals surface area contributed by atoms with Crippen molar-refractivity contribution in [2.45, 2.75) is 39.1 Å². The summed E-state index contributed by atoms with van der Waals surface area (Å²) in [6, 6.07) is 19.5. The number of amides is 2. The zero-order chi connectivity index (χ0) is 32.2. The molecule has 0 saturated heterocycles. The summed E-state index contributed by atoms with van der Waals surface area (Å²) in [5.74, 6) is 0.946. The lowest BCUT2D eigenvalue weighted by Gasteiger charge is -2.28. The highest BCUT2D eigenvalue weighted by atomic mass is 16.5. The Bertz CT molecular complexity index is 1560. The van der Waals surface area contributed by atoms with Gasteiger partial charge in [-0.3, -0.25) is 5.43 Å². The van der Waals surface area contributed by atoms with E-state index in [4.69, 9.17) is 18.9 Å². The van der Waals surface area contributed by atoms with Gasteiger partial charge in [-0.05, 0) is 72.9 Å². The molecule has 236 valence electrons. The van der Waals surface area contributed by atoms with Gasteiger partial charge in [0.1, 0.15) is 19.0 Å². The summed E-state index contributed by atoms with van der Waals surface area (Å²) >= 11 is 0. The first-order valence-electron chi connectivity index (χ1n) is 14.5. The topological polar surface area (TPSA) is 140 Å². The van der Waals surface area contributed by atoms with Crippen LogP contribution in [-0.2, 0) is 22.6 Å². The number of benzene rings is 3. The summed E-state index contributed by atoms with van der Waals surface area (Å²) in [4.78, 5) is 24.6. The third-order valence-electron chi connectivity index (χ3n) is 6.80. The lowest BCUT2D eigenvalue weighted by molar-refractivity contribution is -0.136. The van der Waals surface area contributed by atoms with Gasteiger partial charge in [-0.25, -0.2) is 9.59 Å². The number of hydrogen-bond donors (Lipinski definition) is 4. The molecule has 1 aliphatic heterocycles. The molecule has 0 aliphatic carbocycles. The van der Waals surface area contributed by atoms with Crippen molar-refractivity contribution in [2.75, 3.05) is 20.3 Å². The van der Waals surface area contributed by atoms with Crippen molar-refractivity contribution < 1.29 is 33.6 Å². The quantitative estimate of drug-likeness (QED) is 0.0645. The molecular formula is C34H38N4O7. The maximum absolute atomic E-state index is 12.5. The summed E-state index contributed by atoms with van der Waals surface area (Å²) < 4.78 is 22.5. The lowest BCUT2D eigenvalue weighted by Crippen LogP contribution is -2.45. The van der Waals surface area contributed by atoms with Crippen LogP contribution < -0.4 is 30.3 Å². The summed E-state index contributed by atoms with van der Waals surface area (Å²) in [5, 5.41) is 20.0. The third-order valence-corrected chi connectivity index (χ3v) is 6.80. The first-order valence-corrected chi connectivity index (χ1v) is 14.5. The molecule has 3 aromatic carbocycles. The average Bonchev–Trinajstić information content (AvgIpc) is 3.04. The molecular weight excluding hydrogens is 576 g/mol. The van der Waals surface area contributed by atoms with Crippen LogP contribution in [0.5, 0.6) is 17.2 Å². The molecule has 3 aromatic rings. The first-order chi connectivity index (χ1) is 21.8. The highest BCUT2D eigenvalue weighted by Gasteiger charge is 2.32. The fraction of sp³-hybridized carbons (Fsp3) is 0.265. The van der Waals surface area contributed by atoms with Crippen LogP contribution in [0.4, 0.5) is 4.79 Å². The molecule has 1 aliphatic rings. The van der Waals surface area contributed by atoms with E-state index in [0.717, 1.165) is 22.4 Å². The molecule has 2 amide bonds. The summed E-state index contributed by atoms with van der Waals surface area (Å²) in [6.45, 7) is 7.96.